The van der Waals surface area contributed by atoms with E-state index in [0.29, 0.717) is 22.6 Å². The molecule has 3 aliphatic heterocycles. The summed E-state index contributed by atoms with van der Waals surface area (Å²) in [4.78, 5) is 3.14. The smallest absolute Gasteiger partial charge is 0.207 e. The highest BCUT2D eigenvalue weighted by Crippen LogP contribution is 2.48. The third kappa shape index (κ3) is 6.32. The van der Waals surface area contributed by atoms with Crippen molar-refractivity contribution in [1.82, 2.24) is 4.57 Å². The average molecular weight is 801 g/mol. The predicted molar refractivity (Wildman–Crippen MR) is 243 cm³/mol. The molecule has 59 heavy (non-hydrogen) atoms. The van der Waals surface area contributed by atoms with Gasteiger partial charge in [0, 0.05) is 81.2 Å². The zero-order valence-electron chi connectivity index (χ0n) is 34.6. The van der Waals surface area contributed by atoms with Crippen LogP contribution in [0.25, 0.3) is 44.1 Å². The Morgan fingerprint density at radius 3 is 2.15 bits per heavy atom. The van der Waals surface area contributed by atoms with Gasteiger partial charge < -0.3 is 18.9 Å². The Balaban J connectivity index is 1.12. The predicted octanol–water partition coefficient (Wildman–Crippen LogP) is 11.6. The van der Waals surface area contributed by atoms with Crippen molar-refractivity contribution in [3.8, 4) is 11.5 Å². The van der Waals surface area contributed by atoms with Gasteiger partial charge in [0.05, 0.1) is 15.3 Å². The standard InChI is InChI=1S/C52H52N2O4S/c1-5-7-26-53-32-37(41-16-12-18-43-48(41)46(53)30-38-28-33(3)57-50(38)43)23-22-35-20-21-36(52(35)59(55,56)40-14-10-9-11-15-40)24-25-45-42-17-13-19-44-49(42)47(54(45)27-8-6-2)31-39-29-34(4)58-51(39)44/h9-19,22-25,30-34H,5-8,20-21,26-29H2,1-4H3/b23-22+,36-24+,45-25+. The van der Waals surface area contributed by atoms with E-state index in [2.05, 4.69) is 116 Å². The summed E-state index contributed by atoms with van der Waals surface area (Å²) in [5, 5.41) is 7.01. The summed E-state index contributed by atoms with van der Waals surface area (Å²) in [5.74, 6) is 2.01. The molecule has 4 aliphatic rings. The van der Waals surface area contributed by atoms with E-state index in [4.69, 9.17) is 9.47 Å². The second kappa shape index (κ2) is 14.9. The first-order valence-electron chi connectivity index (χ1n) is 21.6. The number of hydrogen-bond acceptors (Lipinski definition) is 5. The van der Waals surface area contributed by atoms with Gasteiger partial charge in [-0.3, -0.25) is 0 Å². The quantitative estimate of drug-likeness (QED) is 0.131. The van der Waals surface area contributed by atoms with E-state index in [1.807, 2.05) is 18.2 Å². The Labute approximate surface area is 347 Å². The average Bonchev–Trinajstić information content (AvgIpc) is 4.02. The first-order valence-corrected chi connectivity index (χ1v) is 23.1. The number of aromatic nitrogens is 1. The fraction of sp³-hybridized carbons (Fsp3) is 0.308. The molecule has 0 saturated heterocycles. The van der Waals surface area contributed by atoms with Crippen LogP contribution in [0.3, 0.4) is 0 Å². The van der Waals surface area contributed by atoms with Crippen LogP contribution in [0, 0.1) is 0 Å². The summed E-state index contributed by atoms with van der Waals surface area (Å²) in [6.45, 7) is 10.5. The van der Waals surface area contributed by atoms with E-state index in [9.17, 15) is 8.42 Å². The van der Waals surface area contributed by atoms with E-state index >= 15 is 0 Å². The molecule has 2 unspecified atom stereocenters. The van der Waals surface area contributed by atoms with Crippen molar-refractivity contribution in [1.29, 1.82) is 0 Å². The number of ether oxygens (including phenoxy) is 2. The Morgan fingerprint density at radius 2 is 1.41 bits per heavy atom. The minimum Gasteiger partial charge on any atom is -0.489 e. The van der Waals surface area contributed by atoms with Crippen molar-refractivity contribution in [2.24, 2.45) is 0 Å². The van der Waals surface area contributed by atoms with Crippen molar-refractivity contribution < 1.29 is 17.9 Å². The number of hydrogen-bond donors (Lipinski definition) is 0. The fourth-order valence-electron chi connectivity index (χ4n) is 9.99. The topological polar surface area (TPSA) is 60.8 Å². The van der Waals surface area contributed by atoms with Crippen LogP contribution in [0.15, 0.2) is 124 Å². The van der Waals surface area contributed by atoms with Gasteiger partial charge in [-0.2, -0.15) is 0 Å². The Bertz CT molecular complexity index is 2970. The van der Waals surface area contributed by atoms with Crippen LogP contribution in [0.5, 0.6) is 11.5 Å². The lowest BCUT2D eigenvalue weighted by Crippen LogP contribution is -2.21. The second-order valence-electron chi connectivity index (χ2n) is 16.9. The fourth-order valence-corrected chi connectivity index (χ4v) is 11.8. The van der Waals surface area contributed by atoms with Gasteiger partial charge >= 0.3 is 0 Å². The molecule has 6 nitrogen and oxygen atoms in total. The largest absolute Gasteiger partial charge is 0.489 e. The molecular formula is C52H52N2O4S. The van der Waals surface area contributed by atoms with Gasteiger partial charge in [-0.15, -0.1) is 0 Å². The maximum atomic E-state index is 14.8. The molecular weight excluding hydrogens is 749 g/mol. The first kappa shape index (κ1) is 37.7. The van der Waals surface area contributed by atoms with E-state index in [-0.39, 0.29) is 12.2 Å². The van der Waals surface area contributed by atoms with Crippen LogP contribution >= 0.6 is 0 Å². The molecule has 1 aliphatic carbocycles. The van der Waals surface area contributed by atoms with Gasteiger partial charge in [-0.1, -0.05) is 99.5 Å². The van der Waals surface area contributed by atoms with E-state index in [0.717, 1.165) is 102 Å². The normalized spacial score (nSPS) is 19.8. The maximum absolute atomic E-state index is 14.8. The van der Waals surface area contributed by atoms with E-state index in [1.165, 1.54) is 38.5 Å². The zero-order chi connectivity index (χ0) is 40.4. The monoisotopic (exact) mass is 800 g/mol. The third-order valence-corrected chi connectivity index (χ3v) is 14.7. The highest BCUT2D eigenvalue weighted by atomic mass is 32.2. The molecule has 5 aromatic carbocycles. The third-order valence-electron chi connectivity index (χ3n) is 12.7. The van der Waals surface area contributed by atoms with E-state index < -0.39 is 9.84 Å². The lowest BCUT2D eigenvalue weighted by molar-refractivity contribution is 0.257. The Morgan fingerprint density at radius 1 is 0.729 bits per heavy atom. The van der Waals surface area contributed by atoms with Crippen molar-refractivity contribution in [2.45, 2.75) is 103 Å². The number of anilines is 1. The van der Waals surface area contributed by atoms with Gasteiger partial charge in [-0.25, -0.2) is 8.42 Å². The van der Waals surface area contributed by atoms with Crippen LogP contribution in [0.2, 0.25) is 0 Å². The lowest BCUT2D eigenvalue weighted by Gasteiger charge is -2.30. The molecule has 0 spiro atoms. The summed E-state index contributed by atoms with van der Waals surface area (Å²) >= 11 is 0. The number of unbranched alkanes of at least 4 members (excludes halogenated alkanes) is 2. The van der Waals surface area contributed by atoms with Gasteiger partial charge in [0.2, 0.25) is 9.84 Å². The second-order valence-corrected chi connectivity index (χ2v) is 18.8. The zero-order valence-corrected chi connectivity index (χ0v) is 35.4. The number of benzene rings is 5. The molecule has 1 aromatic heterocycles. The van der Waals surface area contributed by atoms with Gasteiger partial charge in [0.15, 0.2) is 0 Å². The van der Waals surface area contributed by atoms with Crippen LogP contribution in [0.1, 0.15) is 82.9 Å². The number of allylic oxidation sites excluding steroid dienone is 6. The molecule has 0 bridgehead atoms. The summed E-state index contributed by atoms with van der Waals surface area (Å²) in [7, 11) is -3.84. The highest BCUT2D eigenvalue weighted by molar-refractivity contribution is 7.95. The van der Waals surface area contributed by atoms with Crippen molar-refractivity contribution in [2.75, 3.05) is 11.4 Å². The van der Waals surface area contributed by atoms with Crippen molar-refractivity contribution in [3.05, 3.63) is 141 Å². The van der Waals surface area contributed by atoms with Crippen molar-refractivity contribution in [3.63, 3.8) is 0 Å². The molecule has 2 atom stereocenters. The maximum Gasteiger partial charge on any atom is 0.207 e. The molecule has 0 saturated carbocycles. The molecule has 6 aromatic rings. The molecule has 0 amide bonds. The van der Waals surface area contributed by atoms with Gasteiger partial charge in [0.1, 0.15) is 23.7 Å². The van der Waals surface area contributed by atoms with Crippen molar-refractivity contribution >= 4 is 59.6 Å². The SMILES string of the molecule is CCCCN1C=C(/C=C/C2=C(S(=O)(=O)c3ccccc3)C(=C/C=c3\c4cccc5c6c(cc(c54)n3CCCC)CC(C)O6)/CC2)c2cccc3c4c(cc1c23)CC(C)O4. The Hall–Kier alpha value is -5.53. The molecule has 7 heteroatoms. The van der Waals surface area contributed by atoms with Gasteiger partial charge in [0.25, 0.3) is 0 Å². The number of sulfone groups is 1. The molecule has 0 radical (unpaired) electrons. The molecule has 0 N–H and O–H groups in total. The van der Waals surface area contributed by atoms with Gasteiger partial charge in [-0.05, 0) is 92.2 Å². The Kier molecular flexibility index (Phi) is 9.55. The molecule has 10 rings (SSSR count). The number of rotatable bonds is 11. The number of aryl methyl sites for hydroxylation is 1. The molecule has 300 valence electrons. The minimum absolute atomic E-state index is 0.151. The highest BCUT2D eigenvalue weighted by Gasteiger charge is 2.32. The van der Waals surface area contributed by atoms with Crippen LogP contribution in [-0.2, 0) is 29.2 Å². The summed E-state index contributed by atoms with van der Waals surface area (Å²) in [5.41, 5.74) is 8.89. The van der Waals surface area contributed by atoms with Crippen LogP contribution in [0.4, 0.5) is 5.69 Å². The number of fused-ring (bicyclic) bond motifs is 4. The first-order chi connectivity index (χ1) is 28.7. The van der Waals surface area contributed by atoms with Crippen LogP contribution in [-0.4, -0.2) is 31.7 Å². The van der Waals surface area contributed by atoms with E-state index in [1.54, 1.807) is 12.1 Å². The lowest BCUT2D eigenvalue weighted by atomic mass is 9.91. The summed E-state index contributed by atoms with van der Waals surface area (Å²) < 4.78 is 44.8. The minimum atomic E-state index is -3.84. The molecule has 4 heterocycles. The summed E-state index contributed by atoms with van der Waals surface area (Å²) in [6, 6.07) is 26.6. The molecule has 0 fully saturated rings. The number of nitrogens with zero attached hydrogens (tertiary/aromatic N) is 2. The van der Waals surface area contributed by atoms with Crippen LogP contribution < -0.4 is 19.7 Å². The summed E-state index contributed by atoms with van der Waals surface area (Å²) in [6.07, 6.45) is 18.4.